The molecule has 0 radical (unpaired) electrons. The molecule has 0 aliphatic rings. The Hall–Kier alpha value is -0.120. The van der Waals surface area contributed by atoms with Crippen LogP contribution >= 0.6 is 0 Å². The van der Waals surface area contributed by atoms with E-state index in [2.05, 4.69) is 9.47 Å². The monoisotopic (exact) mass is 164 g/mol. The first-order valence-electron chi connectivity index (χ1n) is 3.86. The summed E-state index contributed by atoms with van der Waals surface area (Å²) in [6.07, 6.45) is -0.0648. The van der Waals surface area contributed by atoms with Crippen LogP contribution in [0.5, 0.6) is 0 Å². The Morgan fingerprint density at radius 3 is 1.36 bits per heavy atom. The van der Waals surface area contributed by atoms with E-state index in [0.717, 1.165) is 13.2 Å². The average molecular weight is 164 g/mol. The lowest BCUT2D eigenvalue weighted by molar-refractivity contribution is -0.0877. The molecule has 0 unspecified atom stereocenters. The molecule has 0 saturated heterocycles. The molecule has 0 aromatic rings. The van der Waals surface area contributed by atoms with Gasteiger partial charge >= 0.3 is 0 Å². The van der Waals surface area contributed by atoms with Crippen LogP contribution in [0.2, 0.25) is 0 Å². The lowest BCUT2D eigenvalue weighted by Crippen LogP contribution is -2.05. The van der Waals surface area contributed by atoms with Crippen LogP contribution in [0.25, 0.3) is 0 Å². The predicted octanol–water partition coefficient (Wildman–Crippen LogP) is 1.67. The highest BCUT2D eigenvalue weighted by atomic mass is 16.7. The highest BCUT2D eigenvalue weighted by molar-refractivity contribution is 4.17. The summed E-state index contributed by atoms with van der Waals surface area (Å²) in [5.41, 5.74) is 0. The van der Waals surface area contributed by atoms with Crippen molar-refractivity contribution in [1.82, 2.24) is 0 Å². The van der Waals surface area contributed by atoms with E-state index in [9.17, 15) is 0 Å². The molecule has 0 saturated carbocycles. The first-order valence-corrected chi connectivity index (χ1v) is 3.86. The maximum atomic E-state index is 4.83. The molecule has 0 rings (SSSR count). The quantitative estimate of drug-likeness (QED) is 0.591. The molecule has 0 aliphatic carbocycles. The van der Waals surface area contributed by atoms with Gasteiger partial charge in [0.15, 0.2) is 6.29 Å². The van der Waals surface area contributed by atoms with Crippen molar-refractivity contribution in [2.45, 2.75) is 27.1 Å². The average Bonchev–Trinajstić information content (AvgIpc) is 2.06. The molecule has 3 nitrogen and oxygen atoms in total. The third kappa shape index (κ3) is 17.7. The maximum absolute atomic E-state index is 4.83. The molecule has 0 aromatic heterocycles. The SMILES string of the molecule is CCOCC.COC(C)OC. The van der Waals surface area contributed by atoms with Gasteiger partial charge in [0.1, 0.15) is 0 Å². The number of rotatable bonds is 4. The Morgan fingerprint density at radius 2 is 1.36 bits per heavy atom. The zero-order valence-electron chi connectivity index (χ0n) is 8.22. The Balaban J connectivity index is 0. The maximum Gasteiger partial charge on any atom is 0.154 e. The molecule has 0 spiro atoms. The minimum atomic E-state index is -0.0648. The van der Waals surface area contributed by atoms with Gasteiger partial charge in [0.2, 0.25) is 0 Å². The first kappa shape index (κ1) is 13.5. The van der Waals surface area contributed by atoms with E-state index in [-0.39, 0.29) is 6.29 Å². The molecule has 0 heterocycles. The van der Waals surface area contributed by atoms with Gasteiger partial charge in [0.05, 0.1) is 0 Å². The smallest absolute Gasteiger partial charge is 0.154 e. The Bertz CT molecular complexity index is 51.3. The molecule has 0 amide bonds. The number of hydrogen-bond donors (Lipinski definition) is 0. The lowest BCUT2D eigenvalue weighted by atomic mass is 10.8. The van der Waals surface area contributed by atoms with E-state index in [1.54, 1.807) is 14.2 Å². The van der Waals surface area contributed by atoms with Gasteiger partial charge in [0, 0.05) is 27.4 Å². The van der Waals surface area contributed by atoms with Gasteiger partial charge in [-0.15, -0.1) is 0 Å². The van der Waals surface area contributed by atoms with Gasteiger partial charge in [-0.1, -0.05) is 0 Å². The first-order chi connectivity index (χ1) is 5.22. The Labute approximate surface area is 69.6 Å². The van der Waals surface area contributed by atoms with Gasteiger partial charge in [-0.3, -0.25) is 0 Å². The largest absolute Gasteiger partial charge is 0.382 e. The third-order valence-corrected chi connectivity index (χ3v) is 1.07. The molecule has 0 atom stereocenters. The molecule has 0 aliphatic heterocycles. The predicted molar refractivity (Wildman–Crippen MR) is 45.6 cm³/mol. The van der Waals surface area contributed by atoms with E-state index in [4.69, 9.17) is 4.74 Å². The normalized spacial score (nSPS) is 9.27. The highest BCUT2D eigenvalue weighted by Crippen LogP contribution is 1.82. The summed E-state index contributed by atoms with van der Waals surface area (Å²) in [6, 6.07) is 0. The van der Waals surface area contributed by atoms with E-state index in [1.807, 2.05) is 20.8 Å². The summed E-state index contributed by atoms with van der Waals surface area (Å²) in [5.74, 6) is 0. The minimum absolute atomic E-state index is 0.0648. The summed E-state index contributed by atoms with van der Waals surface area (Å²) in [4.78, 5) is 0. The van der Waals surface area contributed by atoms with E-state index in [1.165, 1.54) is 0 Å². The molecule has 11 heavy (non-hydrogen) atoms. The van der Waals surface area contributed by atoms with Gasteiger partial charge < -0.3 is 14.2 Å². The second-order valence-corrected chi connectivity index (χ2v) is 1.82. The minimum Gasteiger partial charge on any atom is -0.382 e. The van der Waals surface area contributed by atoms with E-state index < -0.39 is 0 Å². The molecule has 0 aromatic carbocycles. The molecular weight excluding hydrogens is 144 g/mol. The summed E-state index contributed by atoms with van der Waals surface area (Å²) < 4.78 is 14.2. The molecule has 0 fully saturated rings. The van der Waals surface area contributed by atoms with Crippen molar-refractivity contribution in [2.75, 3.05) is 27.4 Å². The molecule has 0 bridgehead atoms. The topological polar surface area (TPSA) is 27.7 Å². The molecule has 0 N–H and O–H groups in total. The standard InChI is InChI=1S/C4H10O2.C4H10O/c1-4(5-2)6-3;1-3-5-4-2/h4H,1-3H3;3-4H2,1-2H3. The van der Waals surface area contributed by atoms with Gasteiger partial charge in [-0.2, -0.15) is 0 Å². The fourth-order valence-electron chi connectivity index (χ4n) is 0.300. The van der Waals surface area contributed by atoms with E-state index >= 15 is 0 Å². The van der Waals surface area contributed by atoms with Gasteiger partial charge in [-0.25, -0.2) is 0 Å². The van der Waals surface area contributed by atoms with E-state index in [0.29, 0.717) is 0 Å². The third-order valence-electron chi connectivity index (χ3n) is 1.07. The fourth-order valence-corrected chi connectivity index (χ4v) is 0.300. The zero-order chi connectivity index (χ0) is 9.11. The van der Waals surface area contributed by atoms with Crippen LogP contribution in [0.15, 0.2) is 0 Å². The number of ether oxygens (including phenoxy) is 3. The Kier molecular flexibility index (Phi) is 15.4. The highest BCUT2D eigenvalue weighted by Gasteiger charge is 1.87. The van der Waals surface area contributed by atoms with Crippen molar-refractivity contribution in [3.63, 3.8) is 0 Å². The molecule has 70 valence electrons. The van der Waals surface area contributed by atoms with Crippen molar-refractivity contribution in [3.05, 3.63) is 0 Å². The summed E-state index contributed by atoms with van der Waals surface area (Å²) in [5, 5.41) is 0. The number of hydrogen-bond acceptors (Lipinski definition) is 3. The molecule has 3 heteroatoms. The van der Waals surface area contributed by atoms with Gasteiger partial charge in [-0.05, 0) is 20.8 Å². The van der Waals surface area contributed by atoms with Crippen molar-refractivity contribution < 1.29 is 14.2 Å². The van der Waals surface area contributed by atoms with Gasteiger partial charge in [0.25, 0.3) is 0 Å². The van der Waals surface area contributed by atoms with Crippen molar-refractivity contribution in [2.24, 2.45) is 0 Å². The van der Waals surface area contributed by atoms with Crippen LogP contribution in [0.3, 0.4) is 0 Å². The molecular formula is C8H20O3. The Morgan fingerprint density at radius 1 is 1.00 bits per heavy atom. The van der Waals surface area contributed by atoms with Crippen LogP contribution in [0.4, 0.5) is 0 Å². The second kappa shape index (κ2) is 12.5. The van der Waals surface area contributed by atoms with Crippen LogP contribution in [-0.2, 0) is 14.2 Å². The summed E-state index contributed by atoms with van der Waals surface area (Å²) in [6.45, 7) is 7.50. The van der Waals surface area contributed by atoms with Crippen LogP contribution < -0.4 is 0 Å². The van der Waals surface area contributed by atoms with Crippen molar-refractivity contribution in [3.8, 4) is 0 Å². The second-order valence-electron chi connectivity index (χ2n) is 1.82. The summed E-state index contributed by atoms with van der Waals surface area (Å²) >= 11 is 0. The lowest BCUT2D eigenvalue weighted by Gasteiger charge is -2.03. The van der Waals surface area contributed by atoms with Crippen LogP contribution in [0, 0.1) is 0 Å². The van der Waals surface area contributed by atoms with Crippen LogP contribution in [-0.4, -0.2) is 33.7 Å². The number of methoxy groups -OCH3 is 2. The van der Waals surface area contributed by atoms with Crippen molar-refractivity contribution >= 4 is 0 Å². The summed E-state index contributed by atoms with van der Waals surface area (Å²) in [7, 11) is 3.21. The van der Waals surface area contributed by atoms with Crippen LogP contribution in [0.1, 0.15) is 20.8 Å². The van der Waals surface area contributed by atoms with Crippen molar-refractivity contribution in [1.29, 1.82) is 0 Å². The fraction of sp³-hybridized carbons (Fsp3) is 1.00. The zero-order valence-corrected chi connectivity index (χ0v) is 8.22.